The van der Waals surface area contributed by atoms with E-state index in [2.05, 4.69) is 0 Å². The van der Waals surface area contributed by atoms with Crippen LogP contribution in [0.4, 0.5) is 0 Å². The molecule has 0 saturated heterocycles. The van der Waals surface area contributed by atoms with Gasteiger partial charge >= 0.3 is 11.9 Å². The van der Waals surface area contributed by atoms with Crippen LogP contribution in [0, 0.1) is 29.6 Å². The van der Waals surface area contributed by atoms with Crippen LogP contribution in [0.2, 0.25) is 0 Å². The second-order valence-electron chi connectivity index (χ2n) is 7.78. The normalized spacial score (nSPS) is 10.8. The average Bonchev–Trinajstić information content (AvgIpc) is 3.21. The molecule has 186 valence electrons. The molecule has 1 aromatic heterocycles. The molecule has 3 rings (SSSR count). The lowest BCUT2D eigenvalue weighted by Crippen LogP contribution is -2.05. The highest BCUT2D eigenvalue weighted by molar-refractivity contribution is 7.14. The Morgan fingerprint density at radius 2 is 1.78 bits per heavy atom. The number of ether oxygens (including phenoxy) is 2. The number of carboxylic acid groups (broad SMARTS) is 1. The zero-order valence-electron chi connectivity index (χ0n) is 20.1. The summed E-state index contributed by atoms with van der Waals surface area (Å²) in [7, 11) is 0. The number of Topliss-reactive ketones (excluding diaryl/α,β-unsaturated/α-hetero) is 1. The second kappa shape index (κ2) is 12.3. The number of carbonyl (C=O) groups excluding carboxylic acids is 2. The molecule has 2 aromatic carbocycles. The molecule has 0 unspecified atom stereocenters. The molecule has 1 heterocycles. The highest BCUT2D eigenvalue weighted by atomic mass is 32.1. The van der Waals surface area contributed by atoms with Gasteiger partial charge in [0.15, 0.2) is 5.78 Å². The number of carboxylic acids is 1. The number of allylic oxidation sites excluding steroid dienone is 1. The van der Waals surface area contributed by atoms with E-state index in [0.717, 1.165) is 16.9 Å². The summed E-state index contributed by atoms with van der Waals surface area (Å²) in [5.41, 5.74) is 1.97. The van der Waals surface area contributed by atoms with Crippen molar-refractivity contribution in [3.8, 4) is 17.9 Å². The van der Waals surface area contributed by atoms with Crippen LogP contribution in [0.25, 0.3) is 6.08 Å². The maximum absolute atomic E-state index is 13.0. The quantitative estimate of drug-likeness (QED) is 0.224. The number of esters is 1. The molecule has 1 N–H and O–H groups in total. The largest absolute Gasteiger partial charge is 0.488 e. The molecule has 9 heteroatoms. The van der Waals surface area contributed by atoms with E-state index in [1.165, 1.54) is 18.2 Å². The monoisotopic (exact) mass is 514 g/mol. The Bertz CT molecular complexity index is 1460. The molecule has 37 heavy (non-hydrogen) atoms. The Hall–Kier alpha value is -4.73. The van der Waals surface area contributed by atoms with Gasteiger partial charge in [-0.15, -0.1) is 11.3 Å². The Balaban J connectivity index is 1.82. The highest BCUT2D eigenvalue weighted by Gasteiger charge is 2.23. The minimum Gasteiger partial charge on any atom is -0.488 e. The first-order chi connectivity index (χ1) is 17.8. The van der Waals surface area contributed by atoms with Gasteiger partial charge in [-0.3, -0.25) is 4.79 Å². The van der Waals surface area contributed by atoms with Crippen LogP contribution >= 0.6 is 11.3 Å². The molecule has 8 nitrogen and oxygen atoms in total. The van der Waals surface area contributed by atoms with E-state index in [1.807, 2.05) is 12.1 Å². The number of rotatable bonds is 10. The van der Waals surface area contributed by atoms with Gasteiger partial charge in [0.25, 0.3) is 0 Å². The lowest BCUT2D eigenvalue weighted by molar-refractivity contribution is -0.114. The Kier molecular flexibility index (Phi) is 8.93. The van der Waals surface area contributed by atoms with Crippen molar-refractivity contribution >= 4 is 35.1 Å². The van der Waals surface area contributed by atoms with E-state index in [0.29, 0.717) is 21.8 Å². The lowest BCUT2D eigenvalue weighted by atomic mass is 10.0. The first-order valence-electron chi connectivity index (χ1n) is 11.2. The lowest BCUT2D eigenvalue weighted by Gasteiger charge is -2.10. The Morgan fingerprint density at radius 1 is 1.08 bits per heavy atom. The smallest absolute Gasteiger partial charge is 0.348 e. The third-order valence-electron chi connectivity index (χ3n) is 5.35. The molecule has 0 bridgehead atoms. The van der Waals surface area contributed by atoms with E-state index in [-0.39, 0.29) is 41.2 Å². The van der Waals surface area contributed by atoms with Crippen LogP contribution in [-0.2, 0) is 22.6 Å². The molecule has 0 saturated carbocycles. The topological polar surface area (TPSA) is 137 Å². The number of nitrogens with zero attached hydrogens (tertiary/aromatic N) is 2. The fourth-order valence-corrected chi connectivity index (χ4v) is 4.59. The van der Waals surface area contributed by atoms with Gasteiger partial charge in [-0.1, -0.05) is 30.3 Å². The predicted molar refractivity (Wildman–Crippen MR) is 136 cm³/mol. The minimum absolute atomic E-state index is 0.130. The van der Waals surface area contributed by atoms with Gasteiger partial charge in [0.2, 0.25) is 0 Å². The number of ketones is 1. The van der Waals surface area contributed by atoms with E-state index < -0.39 is 17.7 Å². The Morgan fingerprint density at radius 3 is 2.41 bits per heavy atom. The Labute approximate surface area is 217 Å². The van der Waals surface area contributed by atoms with Gasteiger partial charge < -0.3 is 14.6 Å². The fraction of sp³-hybridized carbons (Fsp3) is 0.179. The number of para-hydroxylation sites is 1. The van der Waals surface area contributed by atoms with E-state index in [9.17, 15) is 24.9 Å². The molecule has 0 amide bonds. The van der Waals surface area contributed by atoms with Crippen LogP contribution in [0.3, 0.4) is 0 Å². The van der Waals surface area contributed by atoms with Crippen molar-refractivity contribution < 1.29 is 29.0 Å². The number of carbonyl (C=O) groups is 3. The zero-order valence-corrected chi connectivity index (χ0v) is 20.9. The van der Waals surface area contributed by atoms with Crippen molar-refractivity contribution in [2.24, 2.45) is 0 Å². The van der Waals surface area contributed by atoms with Crippen LogP contribution in [0.15, 0.2) is 54.1 Å². The second-order valence-corrected chi connectivity index (χ2v) is 8.89. The standard InChI is InChI=1S/C28H22N2O6S/c1-3-35-28(34)26-17(2)22(15-30)25(37-26)13-23(31)21(14-29)12-20-6-4-5-7-24(20)36-16-18-8-10-19(11-9-18)27(32)33/h4-12H,3,13,16H2,1-2H3,(H,32,33). The van der Waals surface area contributed by atoms with E-state index >= 15 is 0 Å². The molecule has 0 atom stereocenters. The summed E-state index contributed by atoms with van der Waals surface area (Å²) in [4.78, 5) is 36.9. The maximum atomic E-state index is 13.0. The number of aromatic carboxylic acids is 1. The van der Waals surface area contributed by atoms with Gasteiger partial charge in [-0.2, -0.15) is 10.5 Å². The molecular weight excluding hydrogens is 492 g/mol. The summed E-state index contributed by atoms with van der Waals surface area (Å²) in [6, 6.07) is 17.1. The number of thiophene rings is 1. The van der Waals surface area contributed by atoms with Gasteiger partial charge in [0, 0.05) is 16.9 Å². The minimum atomic E-state index is -1.02. The van der Waals surface area contributed by atoms with Gasteiger partial charge in [0.05, 0.1) is 23.3 Å². The summed E-state index contributed by atoms with van der Waals surface area (Å²) < 4.78 is 10.9. The summed E-state index contributed by atoms with van der Waals surface area (Å²) in [5, 5.41) is 28.3. The number of benzene rings is 2. The predicted octanol–water partition coefficient (Wildman–Crippen LogP) is 5.10. The molecule has 0 spiro atoms. The van der Waals surface area contributed by atoms with Crippen molar-refractivity contribution in [3.63, 3.8) is 0 Å². The van der Waals surface area contributed by atoms with Crippen molar-refractivity contribution in [2.75, 3.05) is 6.61 Å². The molecule has 0 fully saturated rings. The molecule has 0 aliphatic rings. The van der Waals surface area contributed by atoms with E-state index in [4.69, 9.17) is 14.6 Å². The third kappa shape index (κ3) is 6.49. The van der Waals surface area contributed by atoms with Crippen LogP contribution in [-0.4, -0.2) is 29.4 Å². The summed E-state index contributed by atoms with van der Waals surface area (Å²) >= 11 is 1.02. The van der Waals surface area contributed by atoms with Crippen molar-refractivity contribution in [3.05, 3.63) is 91.7 Å². The van der Waals surface area contributed by atoms with Crippen LogP contribution in [0.5, 0.6) is 5.75 Å². The van der Waals surface area contributed by atoms with Gasteiger partial charge in [-0.25, -0.2) is 9.59 Å². The average molecular weight is 515 g/mol. The number of hydrogen-bond donors (Lipinski definition) is 1. The summed E-state index contributed by atoms with van der Waals surface area (Å²) in [5.74, 6) is -1.65. The fourth-order valence-electron chi connectivity index (χ4n) is 3.44. The van der Waals surface area contributed by atoms with Crippen molar-refractivity contribution in [1.82, 2.24) is 0 Å². The summed E-state index contributed by atoms with van der Waals surface area (Å²) in [6.45, 7) is 3.64. The molecule has 0 aliphatic heterocycles. The SMILES string of the molecule is CCOC(=O)c1sc(CC(=O)C(C#N)=Cc2ccccc2OCc2ccc(C(=O)O)cc2)c(C#N)c1C. The van der Waals surface area contributed by atoms with Gasteiger partial charge in [0.1, 0.15) is 29.4 Å². The van der Waals surface area contributed by atoms with E-state index in [1.54, 1.807) is 50.2 Å². The molecular formula is C28H22N2O6S. The number of nitriles is 2. The molecule has 3 aromatic rings. The van der Waals surface area contributed by atoms with Crippen molar-refractivity contribution in [2.45, 2.75) is 26.9 Å². The van der Waals surface area contributed by atoms with Crippen LogP contribution in [0.1, 0.15) is 54.1 Å². The maximum Gasteiger partial charge on any atom is 0.348 e. The summed E-state index contributed by atoms with van der Waals surface area (Å²) in [6.07, 6.45) is 1.20. The van der Waals surface area contributed by atoms with Gasteiger partial charge in [-0.05, 0) is 49.2 Å². The number of hydrogen-bond acceptors (Lipinski definition) is 8. The highest BCUT2D eigenvalue weighted by Crippen LogP contribution is 2.30. The molecule has 0 radical (unpaired) electrons. The van der Waals surface area contributed by atoms with Crippen LogP contribution < -0.4 is 4.74 Å². The first-order valence-corrected chi connectivity index (χ1v) is 12.0. The zero-order chi connectivity index (χ0) is 26.9. The third-order valence-corrected chi connectivity index (χ3v) is 6.62. The first kappa shape index (κ1) is 26.9. The molecule has 0 aliphatic carbocycles. The van der Waals surface area contributed by atoms with Crippen molar-refractivity contribution in [1.29, 1.82) is 10.5 Å².